The van der Waals surface area contributed by atoms with Gasteiger partial charge in [0.15, 0.2) is 0 Å². The van der Waals surface area contributed by atoms with Crippen LogP contribution >= 0.6 is 0 Å². The van der Waals surface area contributed by atoms with Crippen molar-refractivity contribution in [1.29, 1.82) is 0 Å². The Morgan fingerprint density at radius 3 is 2.62 bits per heavy atom. The number of carbonyl (C=O) groups is 2. The Hall–Kier alpha value is -2.24. The SMILES string of the molecule is CNC(=O)Nc1cccc(N(C)C(=O)O)c1. The highest BCUT2D eigenvalue weighted by Crippen LogP contribution is 2.18. The van der Waals surface area contributed by atoms with E-state index < -0.39 is 6.09 Å². The summed E-state index contributed by atoms with van der Waals surface area (Å²) in [6.07, 6.45) is -1.06. The number of carbonyl (C=O) groups excluding carboxylic acids is 1. The van der Waals surface area contributed by atoms with E-state index in [1.807, 2.05) is 0 Å². The quantitative estimate of drug-likeness (QED) is 0.711. The van der Waals surface area contributed by atoms with Crippen molar-refractivity contribution in [3.63, 3.8) is 0 Å². The standard InChI is InChI=1S/C10H13N3O3/c1-11-9(14)12-7-4-3-5-8(6-7)13(2)10(15)16/h3-6H,1-2H3,(H,15,16)(H2,11,12,14). The fourth-order valence-electron chi connectivity index (χ4n) is 1.10. The van der Waals surface area contributed by atoms with Gasteiger partial charge in [0.05, 0.1) is 0 Å². The smallest absolute Gasteiger partial charge is 0.411 e. The summed E-state index contributed by atoms with van der Waals surface area (Å²) >= 11 is 0. The van der Waals surface area contributed by atoms with Crippen molar-refractivity contribution < 1.29 is 14.7 Å². The van der Waals surface area contributed by atoms with Crippen LogP contribution in [0.2, 0.25) is 0 Å². The van der Waals surface area contributed by atoms with Crippen molar-refractivity contribution in [2.24, 2.45) is 0 Å². The van der Waals surface area contributed by atoms with E-state index in [1.54, 1.807) is 24.3 Å². The molecule has 0 aliphatic rings. The Labute approximate surface area is 92.9 Å². The van der Waals surface area contributed by atoms with Crippen molar-refractivity contribution >= 4 is 23.5 Å². The number of hydrogen-bond acceptors (Lipinski definition) is 2. The number of amides is 3. The van der Waals surface area contributed by atoms with E-state index >= 15 is 0 Å². The Balaban J connectivity index is 2.86. The lowest BCUT2D eigenvalue weighted by Gasteiger charge is -2.14. The van der Waals surface area contributed by atoms with Crippen LogP contribution in [0.3, 0.4) is 0 Å². The van der Waals surface area contributed by atoms with E-state index in [-0.39, 0.29) is 6.03 Å². The molecule has 3 amide bonds. The number of nitrogens with one attached hydrogen (secondary N) is 2. The zero-order valence-electron chi connectivity index (χ0n) is 9.02. The maximum Gasteiger partial charge on any atom is 0.411 e. The fraction of sp³-hybridized carbons (Fsp3) is 0.200. The summed E-state index contributed by atoms with van der Waals surface area (Å²) in [6, 6.07) is 6.20. The molecular formula is C10H13N3O3. The van der Waals surface area contributed by atoms with Crippen molar-refractivity contribution in [2.45, 2.75) is 0 Å². The molecule has 1 aromatic carbocycles. The average Bonchev–Trinajstić information content (AvgIpc) is 2.28. The molecule has 0 unspecified atom stereocenters. The number of urea groups is 1. The molecular weight excluding hydrogens is 210 g/mol. The van der Waals surface area contributed by atoms with E-state index in [9.17, 15) is 9.59 Å². The molecule has 0 aliphatic carbocycles. The molecule has 16 heavy (non-hydrogen) atoms. The van der Waals surface area contributed by atoms with Gasteiger partial charge >= 0.3 is 12.1 Å². The maximum absolute atomic E-state index is 11.0. The summed E-state index contributed by atoms with van der Waals surface area (Å²) in [5, 5.41) is 13.7. The lowest BCUT2D eigenvalue weighted by atomic mass is 10.2. The third kappa shape index (κ3) is 2.88. The number of anilines is 2. The van der Waals surface area contributed by atoms with Gasteiger partial charge in [0.25, 0.3) is 0 Å². The monoisotopic (exact) mass is 223 g/mol. The van der Waals surface area contributed by atoms with Gasteiger partial charge in [-0.3, -0.25) is 4.90 Å². The Morgan fingerprint density at radius 2 is 2.06 bits per heavy atom. The predicted octanol–water partition coefficient (Wildman–Crippen LogP) is 1.55. The van der Waals surface area contributed by atoms with E-state index in [4.69, 9.17) is 5.11 Å². The first-order valence-electron chi connectivity index (χ1n) is 4.60. The second kappa shape index (κ2) is 5.01. The van der Waals surface area contributed by atoms with Crippen LogP contribution in [0, 0.1) is 0 Å². The first-order valence-corrected chi connectivity index (χ1v) is 4.60. The van der Waals surface area contributed by atoms with Crippen LogP contribution in [0.15, 0.2) is 24.3 Å². The van der Waals surface area contributed by atoms with Gasteiger partial charge in [-0.15, -0.1) is 0 Å². The highest BCUT2D eigenvalue weighted by Gasteiger charge is 2.08. The molecule has 0 bridgehead atoms. The number of benzene rings is 1. The highest BCUT2D eigenvalue weighted by atomic mass is 16.4. The molecule has 0 radical (unpaired) electrons. The lowest BCUT2D eigenvalue weighted by molar-refractivity contribution is 0.203. The molecule has 1 rings (SSSR count). The summed E-state index contributed by atoms with van der Waals surface area (Å²) in [5.74, 6) is 0. The van der Waals surface area contributed by atoms with Gasteiger partial charge in [-0.1, -0.05) is 6.07 Å². The molecule has 86 valence electrons. The largest absolute Gasteiger partial charge is 0.465 e. The predicted molar refractivity (Wildman–Crippen MR) is 60.9 cm³/mol. The lowest BCUT2D eigenvalue weighted by Crippen LogP contribution is -2.25. The summed E-state index contributed by atoms with van der Waals surface area (Å²) in [7, 11) is 2.93. The Morgan fingerprint density at radius 1 is 1.38 bits per heavy atom. The zero-order valence-corrected chi connectivity index (χ0v) is 9.02. The van der Waals surface area contributed by atoms with Crippen LogP contribution < -0.4 is 15.5 Å². The molecule has 0 atom stereocenters. The third-order valence-corrected chi connectivity index (χ3v) is 2.01. The minimum atomic E-state index is -1.06. The van der Waals surface area contributed by atoms with Crippen LogP contribution in [0.5, 0.6) is 0 Å². The third-order valence-electron chi connectivity index (χ3n) is 2.01. The summed E-state index contributed by atoms with van der Waals surface area (Å²) in [5.41, 5.74) is 1.02. The van der Waals surface area contributed by atoms with Gasteiger partial charge in [-0.2, -0.15) is 0 Å². The molecule has 0 saturated carbocycles. The number of rotatable bonds is 2. The second-order valence-electron chi connectivity index (χ2n) is 3.10. The Kier molecular flexibility index (Phi) is 3.71. The maximum atomic E-state index is 11.0. The van der Waals surface area contributed by atoms with Crippen molar-refractivity contribution in [2.75, 3.05) is 24.3 Å². The van der Waals surface area contributed by atoms with Gasteiger partial charge in [-0.25, -0.2) is 9.59 Å². The molecule has 0 spiro atoms. The van der Waals surface area contributed by atoms with Gasteiger partial charge in [0.1, 0.15) is 0 Å². The van der Waals surface area contributed by atoms with E-state index in [1.165, 1.54) is 14.1 Å². The molecule has 0 aromatic heterocycles. The van der Waals surface area contributed by atoms with E-state index in [0.717, 1.165) is 4.90 Å². The molecule has 0 fully saturated rings. The van der Waals surface area contributed by atoms with E-state index in [0.29, 0.717) is 11.4 Å². The van der Waals surface area contributed by atoms with Gasteiger partial charge in [-0.05, 0) is 18.2 Å². The van der Waals surface area contributed by atoms with Crippen molar-refractivity contribution in [3.8, 4) is 0 Å². The van der Waals surface area contributed by atoms with E-state index in [2.05, 4.69) is 10.6 Å². The topological polar surface area (TPSA) is 81.7 Å². The van der Waals surface area contributed by atoms with Crippen LogP contribution in [-0.2, 0) is 0 Å². The minimum Gasteiger partial charge on any atom is -0.465 e. The molecule has 1 aromatic rings. The van der Waals surface area contributed by atoms with Crippen LogP contribution in [-0.4, -0.2) is 31.3 Å². The van der Waals surface area contributed by atoms with Gasteiger partial charge in [0, 0.05) is 25.5 Å². The first kappa shape index (κ1) is 11.8. The summed E-state index contributed by atoms with van der Waals surface area (Å²) in [4.78, 5) is 22.8. The van der Waals surface area contributed by atoms with Crippen molar-refractivity contribution in [1.82, 2.24) is 5.32 Å². The van der Waals surface area contributed by atoms with Crippen LogP contribution in [0.25, 0.3) is 0 Å². The average molecular weight is 223 g/mol. The molecule has 0 aliphatic heterocycles. The Bertz CT molecular complexity index is 406. The molecule has 0 heterocycles. The number of nitrogens with zero attached hydrogens (tertiary/aromatic N) is 1. The molecule has 3 N–H and O–H groups in total. The van der Waals surface area contributed by atoms with Gasteiger partial charge in [0.2, 0.25) is 0 Å². The summed E-state index contributed by atoms with van der Waals surface area (Å²) < 4.78 is 0. The fourth-order valence-corrected chi connectivity index (χ4v) is 1.10. The minimum absolute atomic E-state index is 0.352. The molecule has 6 nitrogen and oxygen atoms in total. The number of carboxylic acid groups (broad SMARTS) is 1. The summed E-state index contributed by atoms with van der Waals surface area (Å²) in [6.45, 7) is 0. The van der Waals surface area contributed by atoms with Crippen LogP contribution in [0.1, 0.15) is 0 Å². The zero-order chi connectivity index (χ0) is 12.1. The normalized spacial score (nSPS) is 9.38. The highest BCUT2D eigenvalue weighted by molar-refractivity contribution is 5.91. The number of hydrogen-bond donors (Lipinski definition) is 3. The molecule has 6 heteroatoms. The first-order chi connectivity index (χ1) is 7.54. The molecule has 0 saturated heterocycles. The second-order valence-corrected chi connectivity index (χ2v) is 3.10. The van der Waals surface area contributed by atoms with Crippen LogP contribution in [0.4, 0.5) is 21.0 Å². The van der Waals surface area contributed by atoms with Crippen molar-refractivity contribution in [3.05, 3.63) is 24.3 Å². The van der Waals surface area contributed by atoms with Gasteiger partial charge < -0.3 is 15.7 Å².